The molecule has 1 atom stereocenters. The quantitative estimate of drug-likeness (QED) is 0.898. The van der Waals surface area contributed by atoms with Gasteiger partial charge in [-0.25, -0.2) is 4.98 Å². The van der Waals surface area contributed by atoms with E-state index in [2.05, 4.69) is 36.3 Å². The highest BCUT2D eigenvalue weighted by molar-refractivity contribution is 5.56. The number of fused-ring (bicyclic) bond motifs is 1. The Labute approximate surface area is 115 Å². The highest BCUT2D eigenvalue weighted by Gasteiger charge is 2.19. The second-order valence-electron chi connectivity index (χ2n) is 5.37. The summed E-state index contributed by atoms with van der Waals surface area (Å²) in [5.74, 6) is 1.07. The Morgan fingerprint density at radius 1 is 1.32 bits per heavy atom. The van der Waals surface area contributed by atoms with Gasteiger partial charge in [-0.1, -0.05) is 6.07 Å². The first kappa shape index (κ1) is 13.9. The van der Waals surface area contributed by atoms with Crippen LogP contribution >= 0.6 is 0 Å². The third kappa shape index (κ3) is 2.73. The lowest BCUT2D eigenvalue weighted by Crippen LogP contribution is -2.32. The summed E-state index contributed by atoms with van der Waals surface area (Å²) in [6.07, 6.45) is 2.90. The van der Waals surface area contributed by atoms with Crippen molar-refractivity contribution in [2.45, 2.75) is 46.2 Å². The van der Waals surface area contributed by atoms with E-state index in [4.69, 9.17) is 10.7 Å². The molecule has 2 N–H and O–H groups in total. The van der Waals surface area contributed by atoms with E-state index in [1.54, 1.807) is 0 Å². The first-order valence-electron chi connectivity index (χ1n) is 7.02. The molecule has 2 heterocycles. The summed E-state index contributed by atoms with van der Waals surface area (Å²) in [6, 6.07) is 6.66. The van der Waals surface area contributed by atoms with Gasteiger partial charge in [-0.3, -0.25) is 0 Å². The fourth-order valence-corrected chi connectivity index (χ4v) is 2.52. The predicted molar refractivity (Wildman–Crippen MR) is 80.7 cm³/mol. The van der Waals surface area contributed by atoms with Crippen LogP contribution in [0.15, 0.2) is 24.4 Å². The minimum Gasteiger partial charge on any atom is -0.353 e. The average Bonchev–Trinajstić information content (AvgIpc) is 2.68. The minimum absolute atomic E-state index is 0.129. The fourth-order valence-electron chi connectivity index (χ4n) is 2.52. The summed E-state index contributed by atoms with van der Waals surface area (Å²) in [6.45, 7) is 9.55. The first-order chi connectivity index (χ1) is 9.04. The van der Waals surface area contributed by atoms with Crippen LogP contribution < -0.4 is 10.6 Å². The van der Waals surface area contributed by atoms with Gasteiger partial charge < -0.3 is 15.0 Å². The average molecular weight is 260 g/mol. The Kier molecular flexibility index (Phi) is 4.10. The van der Waals surface area contributed by atoms with Crippen molar-refractivity contribution < 1.29 is 0 Å². The Morgan fingerprint density at radius 2 is 2.05 bits per heavy atom. The van der Waals surface area contributed by atoms with Gasteiger partial charge >= 0.3 is 0 Å². The van der Waals surface area contributed by atoms with Crippen molar-refractivity contribution in [3.8, 4) is 0 Å². The van der Waals surface area contributed by atoms with Crippen LogP contribution in [-0.2, 0) is 6.42 Å². The van der Waals surface area contributed by atoms with Crippen LogP contribution in [-0.4, -0.2) is 28.0 Å². The van der Waals surface area contributed by atoms with Gasteiger partial charge in [0.1, 0.15) is 5.65 Å². The van der Waals surface area contributed by atoms with Crippen LogP contribution in [0.5, 0.6) is 0 Å². The lowest BCUT2D eigenvalue weighted by atomic mass is 10.1. The topological polar surface area (TPSA) is 46.6 Å². The number of nitrogens with zero attached hydrogens (tertiary/aromatic N) is 3. The maximum Gasteiger partial charge on any atom is 0.151 e. The molecule has 0 bridgehead atoms. The van der Waals surface area contributed by atoms with Crippen molar-refractivity contribution in [2.75, 3.05) is 11.4 Å². The van der Waals surface area contributed by atoms with Gasteiger partial charge in [0.15, 0.2) is 5.82 Å². The van der Waals surface area contributed by atoms with Crippen LogP contribution in [0.4, 0.5) is 5.82 Å². The van der Waals surface area contributed by atoms with Gasteiger partial charge in [-0.2, -0.15) is 0 Å². The summed E-state index contributed by atoms with van der Waals surface area (Å²) >= 11 is 0. The van der Waals surface area contributed by atoms with Crippen molar-refractivity contribution in [3.63, 3.8) is 0 Å². The standard InChI is InChI=1S/C15H24N4/c1-5-18(11(2)3)15-13(10-12(4)16)19-9-7-6-8-14(19)17-15/h6-9,11-12H,5,10,16H2,1-4H3. The largest absolute Gasteiger partial charge is 0.353 e. The second-order valence-corrected chi connectivity index (χ2v) is 5.37. The van der Waals surface area contributed by atoms with E-state index in [1.165, 1.54) is 5.69 Å². The zero-order valence-electron chi connectivity index (χ0n) is 12.3. The number of rotatable bonds is 5. The molecule has 2 aromatic heterocycles. The minimum atomic E-state index is 0.129. The number of aromatic nitrogens is 2. The maximum atomic E-state index is 6.00. The van der Waals surface area contributed by atoms with Crippen molar-refractivity contribution >= 4 is 11.5 Å². The number of pyridine rings is 1. The van der Waals surface area contributed by atoms with Gasteiger partial charge in [0.2, 0.25) is 0 Å². The number of anilines is 1. The van der Waals surface area contributed by atoms with Crippen LogP contribution in [0, 0.1) is 0 Å². The molecular weight excluding hydrogens is 236 g/mol. The van der Waals surface area contributed by atoms with Gasteiger partial charge in [0.25, 0.3) is 0 Å². The van der Waals surface area contributed by atoms with Gasteiger partial charge in [0, 0.05) is 31.2 Å². The summed E-state index contributed by atoms with van der Waals surface area (Å²) < 4.78 is 2.16. The van der Waals surface area contributed by atoms with Crippen molar-refractivity contribution in [3.05, 3.63) is 30.1 Å². The molecule has 104 valence electrons. The summed E-state index contributed by atoms with van der Waals surface area (Å²) in [7, 11) is 0. The summed E-state index contributed by atoms with van der Waals surface area (Å²) in [5.41, 5.74) is 8.20. The van der Waals surface area contributed by atoms with Crippen LogP contribution in [0.25, 0.3) is 5.65 Å². The molecule has 2 rings (SSSR count). The molecule has 1 unspecified atom stereocenters. The fraction of sp³-hybridized carbons (Fsp3) is 0.533. The van der Waals surface area contributed by atoms with E-state index in [0.29, 0.717) is 6.04 Å². The molecule has 19 heavy (non-hydrogen) atoms. The summed E-state index contributed by atoms with van der Waals surface area (Å²) in [4.78, 5) is 7.12. The van der Waals surface area contributed by atoms with Crippen LogP contribution in [0.1, 0.15) is 33.4 Å². The van der Waals surface area contributed by atoms with Gasteiger partial charge in [0.05, 0.1) is 5.69 Å². The van der Waals surface area contributed by atoms with Gasteiger partial charge in [-0.05, 0) is 39.8 Å². The van der Waals surface area contributed by atoms with E-state index in [0.717, 1.165) is 24.4 Å². The predicted octanol–water partition coefficient (Wildman–Crippen LogP) is 2.46. The molecule has 0 aliphatic carbocycles. The molecular formula is C15H24N4. The van der Waals surface area contributed by atoms with E-state index >= 15 is 0 Å². The molecule has 0 spiro atoms. The molecule has 4 heteroatoms. The smallest absolute Gasteiger partial charge is 0.151 e. The molecule has 0 amide bonds. The lowest BCUT2D eigenvalue weighted by Gasteiger charge is -2.26. The SMILES string of the molecule is CCN(c1nc2ccccn2c1CC(C)N)C(C)C. The molecule has 2 aromatic rings. The zero-order chi connectivity index (χ0) is 14.0. The Balaban J connectivity index is 2.57. The molecule has 0 aliphatic rings. The van der Waals surface area contributed by atoms with E-state index in [1.807, 2.05) is 25.1 Å². The monoisotopic (exact) mass is 260 g/mol. The highest BCUT2D eigenvalue weighted by atomic mass is 15.2. The number of nitrogens with two attached hydrogens (primary N) is 1. The number of hydrogen-bond donors (Lipinski definition) is 1. The number of hydrogen-bond acceptors (Lipinski definition) is 3. The van der Waals surface area contributed by atoms with Crippen LogP contribution in [0.2, 0.25) is 0 Å². The maximum absolute atomic E-state index is 6.00. The molecule has 4 nitrogen and oxygen atoms in total. The first-order valence-corrected chi connectivity index (χ1v) is 7.02. The normalized spacial score (nSPS) is 13.2. The third-order valence-electron chi connectivity index (χ3n) is 3.36. The Morgan fingerprint density at radius 3 is 2.63 bits per heavy atom. The Hall–Kier alpha value is -1.55. The van der Waals surface area contributed by atoms with Crippen molar-refractivity contribution in [2.24, 2.45) is 5.73 Å². The summed E-state index contributed by atoms with van der Waals surface area (Å²) in [5, 5.41) is 0. The van der Waals surface area contributed by atoms with Gasteiger partial charge in [-0.15, -0.1) is 0 Å². The van der Waals surface area contributed by atoms with Crippen molar-refractivity contribution in [1.82, 2.24) is 9.38 Å². The van der Waals surface area contributed by atoms with E-state index in [-0.39, 0.29) is 6.04 Å². The van der Waals surface area contributed by atoms with E-state index in [9.17, 15) is 0 Å². The third-order valence-corrected chi connectivity index (χ3v) is 3.36. The molecule has 0 radical (unpaired) electrons. The van der Waals surface area contributed by atoms with E-state index < -0.39 is 0 Å². The lowest BCUT2D eigenvalue weighted by molar-refractivity contribution is 0.673. The molecule has 0 fully saturated rings. The molecule has 0 saturated carbocycles. The van der Waals surface area contributed by atoms with Crippen molar-refractivity contribution in [1.29, 1.82) is 0 Å². The number of imidazole rings is 1. The highest BCUT2D eigenvalue weighted by Crippen LogP contribution is 2.24. The molecule has 0 aromatic carbocycles. The molecule has 0 saturated heterocycles. The molecule has 0 aliphatic heterocycles. The second kappa shape index (κ2) is 5.61. The van der Waals surface area contributed by atoms with Crippen LogP contribution in [0.3, 0.4) is 0 Å². The zero-order valence-corrected chi connectivity index (χ0v) is 12.3. The Bertz CT molecular complexity index is 542.